The van der Waals surface area contributed by atoms with Crippen molar-refractivity contribution < 1.29 is 9.13 Å². The van der Waals surface area contributed by atoms with Crippen LogP contribution in [0.25, 0.3) is 22.2 Å². The normalized spacial score (nSPS) is 15.9. The molecule has 0 amide bonds. The number of H-pyrrole nitrogens is 1. The third-order valence-electron chi connectivity index (χ3n) is 6.26. The minimum absolute atomic E-state index is 0.0509. The van der Waals surface area contributed by atoms with Gasteiger partial charge in [-0.3, -0.25) is 9.58 Å². The number of fused-ring (bicyclic) bond motifs is 1. The van der Waals surface area contributed by atoms with Crippen LogP contribution in [0.15, 0.2) is 43.0 Å². The van der Waals surface area contributed by atoms with E-state index >= 15 is 0 Å². The molecule has 1 saturated heterocycles. The maximum atomic E-state index is 14.1. The van der Waals surface area contributed by atoms with Crippen molar-refractivity contribution in [1.29, 1.82) is 0 Å². The summed E-state index contributed by atoms with van der Waals surface area (Å²) >= 11 is 12.7. The van der Waals surface area contributed by atoms with E-state index in [0.29, 0.717) is 10.6 Å². The highest BCUT2D eigenvalue weighted by Gasteiger charge is 2.22. The van der Waals surface area contributed by atoms with Gasteiger partial charge in [-0.1, -0.05) is 30.1 Å². The van der Waals surface area contributed by atoms with E-state index < -0.39 is 5.82 Å². The molecule has 1 aromatic carbocycles. The van der Waals surface area contributed by atoms with Gasteiger partial charge in [-0.2, -0.15) is 5.10 Å². The van der Waals surface area contributed by atoms with Gasteiger partial charge in [0.05, 0.1) is 31.0 Å². The Kier molecular flexibility index (Phi) is 6.38. The van der Waals surface area contributed by atoms with Crippen molar-refractivity contribution >= 4 is 34.2 Å². The molecule has 0 bridgehead atoms. The Balaban J connectivity index is 1.41. The molecule has 1 atom stereocenters. The highest BCUT2D eigenvalue weighted by atomic mass is 35.5. The van der Waals surface area contributed by atoms with Crippen LogP contribution in [0.4, 0.5) is 4.39 Å². The average Bonchev–Trinajstić information content (AvgIpc) is 3.48. The Bertz CT molecular complexity index is 1280. The molecule has 4 heterocycles. The second-order valence-corrected chi connectivity index (χ2v) is 9.07. The summed E-state index contributed by atoms with van der Waals surface area (Å²) < 4.78 is 21.5. The van der Waals surface area contributed by atoms with Crippen LogP contribution in [-0.4, -0.2) is 57.5 Å². The van der Waals surface area contributed by atoms with Gasteiger partial charge in [-0.25, -0.2) is 9.37 Å². The minimum atomic E-state index is -0.480. The Morgan fingerprint density at radius 3 is 2.79 bits per heavy atom. The van der Waals surface area contributed by atoms with Crippen LogP contribution in [0.1, 0.15) is 24.0 Å². The van der Waals surface area contributed by atoms with Crippen LogP contribution in [0, 0.1) is 5.82 Å². The second kappa shape index (κ2) is 9.43. The molecule has 3 aromatic heterocycles. The third-order valence-corrected chi connectivity index (χ3v) is 6.97. The number of hydrogen-bond donors (Lipinski definition) is 1. The minimum Gasteiger partial charge on any atom is -0.379 e. The highest BCUT2D eigenvalue weighted by molar-refractivity contribution is 6.36. The monoisotopic (exact) mass is 487 g/mol. The van der Waals surface area contributed by atoms with Crippen molar-refractivity contribution in [2.45, 2.75) is 19.4 Å². The van der Waals surface area contributed by atoms with E-state index in [1.807, 2.05) is 36.4 Å². The Labute approximate surface area is 201 Å². The number of morpholine rings is 1. The summed E-state index contributed by atoms with van der Waals surface area (Å²) in [6, 6.07) is 4.90. The maximum Gasteiger partial charge on any atom is 0.142 e. The Morgan fingerprint density at radius 1 is 1.15 bits per heavy atom. The quantitative estimate of drug-likeness (QED) is 0.372. The zero-order valence-electron chi connectivity index (χ0n) is 18.2. The molecule has 1 fully saturated rings. The molecule has 33 heavy (non-hydrogen) atoms. The fourth-order valence-corrected chi connectivity index (χ4v) is 5.04. The summed E-state index contributed by atoms with van der Waals surface area (Å²) in [5.41, 5.74) is 4.23. The topological polar surface area (TPSA) is 59.0 Å². The zero-order valence-corrected chi connectivity index (χ0v) is 19.7. The number of ether oxygens (including phenoxy) is 1. The smallest absolute Gasteiger partial charge is 0.142 e. The van der Waals surface area contributed by atoms with Gasteiger partial charge in [0.1, 0.15) is 11.5 Å². The van der Waals surface area contributed by atoms with Crippen LogP contribution in [0.5, 0.6) is 0 Å². The van der Waals surface area contributed by atoms with Crippen molar-refractivity contribution in [2.75, 3.05) is 32.8 Å². The van der Waals surface area contributed by atoms with Crippen molar-refractivity contribution in [3.8, 4) is 11.1 Å². The van der Waals surface area contributed by atoms with Crippen molar-refractivity contribution in [3.63, 3.8) is 0 Å². The number of rotatable bonds is 6. The van der Waals surface area contributed by atoms with Crippen LogP contribution in [0.2, 0.25) is 10.0 Å². The summed E-state index contributed by atoms with van der Waals surface area (Å²) in [5.74, 6) is -0.700. The van der Waals surface area contributed by atoms with Crippen molar-refractivity contribution in [2.24, 2.45) is 0 Å². The van der Waals surface area contributed by atoms with Crippen LogP contribution < -0.4 is 0 Å². The number of hydrogen-bond acceptors (Lipinski definition) is 4. The third kappa shape index (κ3) is 4.51. The van der Waals surface area contributed by atoms with Gasteiger partial charge in [0.2, 0.25) is 0 Å². The highest BCUT2D eigenvalue weighted by Crippen LogP contribution is 2.39. The molecule has 172 valence electrons. The SMILES string of the molecule is CC(c1c(Cl)ccc(F)c1Cl)c1c[nH]c2ncc(-c3cnn(CCN4CCOCC4)c3)cc12. The molecule has 1 N–H and O–H groups in total. The summed E-state index contributed by atoms with van der Waals surface area (Å²) in [6.07, 6.45) is 7.62. The lowest BCUT2D eigenvalue weighted by atomic mass is 9.92. The molecular weight excluding hydrogens is 464 g/mol. The van der Waals surface area contributed by atoms with E-state index in [0.717, 1.165) is 67.1 Å². The molecule has 0 saturated carbocycles. The van der Waals surface area contributed by atoms with Gasteiger partial charge in [0, 0.05) is 65.7 Å². The fourth-order valence-electron chi connectivity index (χ4n) is 4.34. The van der Waals surface area contributed by atoms with Gasteiger partial charge < -0.3 is 9.72 Å². The average molecular weight is 488 g/mol. The molecule has 9 heteroatoms. The summed E-state index contributed by atoms with van der Waals surface area (Å²) in [6.45, 7) is 7.23. The lowest BCUT2D eigenvalue weighted by molar-refractivity contribution is 0.0360. The number of nitrogens with one attached hydrogen (secondary N) is 1. The van der Waals surface area contributed by atoms with E-state index in [1.165, 1.54) is 6.07 Å². The predicted molar refractivity (Wildman–Crippen MR) is 129 cm³/mol. The first-order valence-electron chi connectivity index (χ1n) is 10.9. The first kappa shape index (κ1) is 22.3. The zero-order chi connectivity index (χ0) is 22.9. The van der Waals surface area contributed by atoms with Gasteiger partial charge in [0.25, 0.3) is 0 Å². The number of halogens is 3. The molecule has 0 radical (unpaired) electrons. The molecule has 1 aliphatic heterocycles. The molecule has 4 aromatic rings. The van der Waals surface area contributed by atoms with Crippen LogP contribution in [0.3, 0.4) is 0 Å². The molecule has 0 aliphatic carbocycles. The van der Waals surface area contributed by atoms with Crippen molar-refractivity contribution in [3.05, 3.63) is 70.0 Å². The largest absolute Gasteiger partial charge is 0.379 e. The summed E-state index contributed by atoms with van der Waals surface area (Å²) in [4.78, 5) is 10.2. The van der Waals surface area contributed by atoms with Gasteiger partial charge >= 0.3 is 0 Å². The lowest BCUT2D eigenvalue weighted by Crippen LogP contribution is -2.38. The standard InChI is InChI=1S/C24H24Cl2FN5O/c1-15(22-20(25)2-3-21(27)23(22)26)19-13-29-24-18(19)10-16(11-28-24)17-12-30-32(14-17)5-4-31-6-8-33-9-7-31/h2-3,10-15H,4-9H2,1H3,(H,28,29). The number of nitrogens with zero attached hydrogens (tertiary/aromatic N) is 4. The van der Waals surface area contributed by atoms with Crippen molar-refractivity contribution in [1.82, 2.24) is 24.6 Å². The molecule has 0 spiro atoms. The molecule has 1 aliphatic rings. The molecule has 5 rings (SSSR count). The molecule has 1 unspecified atom stereocenters. The first-order valence-corrected chi connectivity index (χ1v) is 11.7. The van der Waals surface area contributed by atoms with E-state index in [1.54, 1.807) is 6.07 Å². The second-order valence-electron chi connectivity index (χ2n) is 8.29. The summed E-state index contributed by atoms with van der Waals surface area (Å²) in [5, 5.41) is 5.96. The van der Waals surface area contributed by atoms with E-state index in [4.69, 9.17) is 27.9 Å². The van der Waals surface area contributed by atoms with E-state index in [9.17, 15) is 4.39 Å². The lowest BCUT2D eigenvalue weighted by Gasteiger charge is -2.26. The Morgan fingerprint density at radius 2 is 1.97 bits per heavy atom. The molecule has 6 nitrogen and oxygen atoms in total. The summed E-state index contributed by atoms with van der Waals surface area (Å²) in [7, 11) is 0. The Hall–Kier alpha value is -2.45. The van der Waals surface area contributed by atoms with E-state index in [2.05, 4.69) is 26.0 Å². The first-order chi connectivity index (χ1) is 16.0. The van der Waals surface area contributed by atoms with Gasteiger partial charge in [0.15, 0.2) is 0 Å². The number of benzene rings is 1. The maximum absolute atomic E-state index is 14.1. The molecular formula is C24H24Cl2FN5O. The predicted octanol–water partition coefficient (Wildman–Crippen LogP) is 5.36. The van der Waals surface area contributed by atoms with Gasteiger partial charge in [-0.05, 0) is 29.3 Å². The number of aromatic nitrogens is 4. The number of pyridine rings is 1. The number of aromatic amines is 1. The fraction of sp³-hybridized carbons (Fsp3) is 0.333. The van der Waals surface area contributed by atoms with E-state index in [-0.39, 0.29) is 10.9 Å². The van der Waals surface area contributed by atoms with Crippen LogP contribution >= 0.6 is 23.2 Å². The van der Waals surface area contributed by atoms with Gasteiger partial charge in [-0.15, -0.1) is 0 Å². The van der Waals surface area contributed by atoms with Crippen LogP contribution in [-0.2, 0) is 11.3 Å².